The first-order valence-corrected chi connectivity index (χ1v) is 11.8. The lowest BCUT2D eigenvalue weighted by Crippen LogP contribution is -2.30. The molecule has 4 aromatic rings. The van der Waals surface area contributed by atoms with Gasteiger partial charge in [-0.2, -0.15) is 13.2 Å². The number of alkyl halides is 3. The van der Waals surface area contributed by atoms with Crippen LogP contribution in [0.2, 0.25) is 0 Å². The van der Waals surface area contributed by atoms with E-state index in [0.717, 1.165) is 28.1 Å². The van der Waals surface area contributed by atoms with Gasteiger partial charge in [-0.1, -0.05) is 54.6 Å². The normalized spacial score (nSPS) is 14.3. The Labute approximate surface area is 207 Å². The average Bonchev–Trinajstić information content (AvgIpc) is 2.89. The van der Waals surface area contributed by atoms with Gasteiger partial charge in [0.05, 0.1) is 23.5 Å². The zero-order chi connectivity index (χ0) is 25.3. The fourth-order valence-corrected chi connectivity index (χ4v) is 4.89. The van der Waals surface area contributed by atoms with Crippen LogP contribution in [0.15, 0.2) is 78.9 Å². The van der Waals surface area contributed by atoms with Gasteiger partial charge in [0.15, 0.2) is 6.29 Å². The molecule has 1 N–H and O–H groups in total. The first kappa shape index (κ1) is 23.9. The van der Waals surface area contributed by atoms with Gasteiger partial charge in [-0.25, -0.2) is 0 Å². The summed E-state index contributed by atoms with van der Waals surface area (Å²) in [7, 11) is 0. The molecule has 0 aliphatic carbocycles. The number of benzene rings is 4. The van der Waals surface area contributed by atoms with Crippen LogP contribution in [-0.2, 0) is 12.7 Å². The van der Waals surface area contributed by atoms with Crippen molar-refractivity contribution >= 4 is 28.4 Å². The number of ether oxygens (including phenoxy) is 1. The molecule has 0 aromatic heterocycles. The minimum absolute atomic E-state index is 0.0270. The van der Waals surface area contributed by atoms with Crippen molar-refractivity contribution < 1.29 is 22.7 Å². The Balaban J connectivity index is 1.54. The van der Waals surface area contributed by atoms with Crippen LogP contribution in [-0.4, -0.2) is 19.4 Å². The van der Waals surface area contributed by atoms with Crippen LogP contribution in [0.1, 0.15) is 40.0 Å². The van der Waals surface area contributed by atoms with Crippen LogP contribution >= 0.6 is 0 Å². The lowest BCUT2D eigenvalue weighted by atomic mass is 9.96. The molecule has 1 heterocycles. The first-order valence-electron chi connectivity index (χ1n) is 11.8. The molecule has 0 saturated carbocycles. The molecule has 4 aromatic carbocycles. The Hall–Kier alpha value is -3.84. The molecular weight excluding hydrogens is 465 g/mol. The fraction of sp³-hybridized carbons (Fsp3) is 0.207. The zero-order valence-corrected chi connectivity index (χ0v) is 19.7. The number of carbonyl (C=O) groups is 1. The van der Waals surface area contributed by atoms with E-state index in [1.54, 1.807) is 6.07 Å². The van der Waals surface area contributed by atoms with E-state index in [-0.39, 0.29) is 23.7 Å². The molecule has 0 bridgehead atoms. The molecule has 1 aliphatic rings. The minimum Gasteiger partial charge on any atom is -0.490 e. The molecule has 5 rings (SSSR count). The number of nitrogens with zero attached hydrogens (tertiary/aromatic N) is 1. The van der Waals surface area contributed by atoms with Gasteiger partial charge in [0.2, 0.25) is 0 Å². The molecule has 0 spiro atoms. The van der Waals surface area contributed by atoms with Crippen LogP contribution < -0.4 is 15.0 Å². The number of anilines is 2. The van der Waals surface area contributed by atoms with E-state index < -0.39 is 11.7 Å². The van der Waals surface area contributed by atoms with Crippen molar-refractivity contribution in [3.8, 4) is 5.75 Å². The summed E-state index contributed by atoms with van der Waals surface area (Å²) in [6, 6.07) is 23.3. The van der Waals surface area contributed by atoms with E-state index in [2.05, 4.69) is 5.32 Å². The lowest BCUT2D eigenvalue weighted by Gasteiger charge is -2.33. The second kappa shape index (κ2) is 9.66. The molecule has 0 unspecified atom stereocenters. The van der Waals surface area contributed by atoms with Gasteiger partial charge in [-0.05, 0) is 53.1 Å². The first-order chi connectivity index (χ1) is 17.4. The van der Waals surface area contributed by atoms with Gasteiger partial charge in [-0.15, -0.1) is 0 Å². The summed E-state index contributed by atoms with van der Waals surface area (Å²) in [5.74, 6) is 0.629. The third-order valence-electron chi connectivity index (χ3n) is 6.65. The summed E-state index contributed by atoms with van der Waals surface area (Å²) >= 11 is 0. The summed E-state index contributed by atoms with van der Waals surface area (Å²) in [4.78, 5) is 14.2. The fourth-order valence-electron chi connectivity index (χ4n) is 4.89. The van der Waals surface area contributed by atoms with Crippen molar-refractivity contribution in [2.24, 2.45) is 0 Å². The molecule has 0 amide bonds. The number of hydrogen-bond acceptors (Lipinski definition) is 4. The van der Waals surface area contributed by atoms with Crippen molar-refractivity contribution in [1.82, 2.24) is 5.32 Å². The van der Waals surface area contributed by atoms with Gasteiger partial charge >= 0.3 is 6.18 Å². The van der Waals surface area contributed by atoms with Crippen molar-refractivity contribution in [2.45, 2.75) is 25.7 Å². The highest BCUT2D eigenvalue weighted by atomic mass is 19.4. The van der Waals surface area contributed by atoms with Crippen LogP contribution in [0.4, 0.5) is 24.5 Å². The summed E-state index contributed by atoms with van der Waals surface area (Å²) in [6.07, 6.45) is -4.07. The molecule has 0 fully saturated rings. The molecular formula is C29H25F3N2O2. The highest BCUT2D eigenvalue weighted by molar-refractivity contribution is 5.90. The topological polar surface area (TPSA) is 41.6 Å². The predicted molar refractivity (Wildman–Crippen MR) is 135 cm³/mol. The number of rotatable bonds is 6. The van der Waals surface area contributed by atoms with Crippen LogP contribution in [0, 0.1) is 0 Å². The highest BCUT2D eigenvalue weighted by Gasteiger charge is 2.36. The van der Waals surface area contributed by atoms with Crippen molar-refractivity contribution in [3.05, 3.63) is 101 Å². The molecule has 1 atom stereocenters. The Morgan fingerprint density at radius 3 is 2.53 bits per heavy atom. The largest absolute Gasteiger partial charge is 0.490 e. The SMILES string of the molecule is C[C@@H](NCc1c(C(F)(F)F)ccc(N2CCOc3ccccc32)c1C=O)c1cccc2ccccc12. The standard InChI is InChI=1S/C29H25F3N2O2/c1-19(21-10-6-8-20-7-2-3-9-22(20)21)33-17-23-24(18-35)26(14-13-25(23)29(30,31)32)34-15-16-36-28-12-5-4-11-27(28)34/h2-14,18-19,33H,15-17H2,1H3/t19-/m1/s1. The van der Waals surface area contributed by atoms with Crippen LogP contribution in [0.25, 0.3) is 10.8 Å². The van der Waals surface area contributed by atoms with Crippen molar-refractivity contribution in [2.75, 3.05) is 18.1 Å². The quantitative estimate of drug-likeness (QED) is 0.294. The van der Waals surface area contributed by atoms with Crippen molar-refractivity contribution in [3.63, 3.8) is 0 Å². The molecule has 1 aliphatic heterocycles. The average molecular weight is 491 g/mol. The maximum absolute atomic E-state index is 14.1. The van der Waals surface area contributed by atoms with Crippen molar-refractivity contribution in [1.29, 1.82) is 0 Å². The number of hydrogen-bond donors (Lipinski definition) is 1. The van der Waals surface area contributed by atoms with Crippen LogP contribution in [0.3, 0.4) is 0 Å². The van der Waals surface area contributed by atoms with E-state index in [9.17, 15) is 18.0 Å². The van der Waals surface area contributed by atoms with Gasteiger partial charge in [0, 0.05) is 18.2 Å². The van der Waals surface area contributed by atoms with Gasteiger partial charge in [0.25, 0.3) is 0 Å². The zero-order valence-electron chi connectivity index (χ0n) is 19.7. The van der Waals surface area contributed by atoms with Gasteiger partial charge in [-0.3, -0.25) is 4.79 Å². The third kappa shape index (κ3) is 4.42. The van der Waals surface area contributed by atoms with Gasteiger partial charge < -0.3 is 15.0 Å². The van der Waals surface area contributed by atoms with Gasteiger partial charge in [0.1, 0.15) is 12.4 Å². The lowest BCUT2D eigenvalue weighted by molar-refractivity contribution is -0.138. The minimum atomic E-state index is -4.60. The molecule has 0 saturated heterocycles. The smallest absolute Gasteiger partial charge is 0.416 e. The number of nitrogens with one attached hydrogen (secondary N) is 1. The molecule has 184 valence electrons. The number of aldehydes is 1. The van der Waals surface area contributed by atoms with E-state index >= 15 is 0 Å². The summed E-state index contributed by atoms with van der Waals surface area (Å²) < 4.78 is 47.9. The highest BCUT2D eigenvalue weighted by Crippen LogP contribution is 2.41. The summed E-state index contributed by atoms with van der Waals surface area (Å²) in [6.45, 7) is 2.58. The molecule has 7 heteroatoms. The van der Waals surface area contributed by atoms with E-state index in [0.29, 0.717) is 30.9 Å². The molecule has 36 heavy (non-hydrogen) atoms. The second-order valence-corrected chi connectivity index (χ2v) is 8.78. The number of para-hydroxylation sites is 2. The summed E-state index contributed by atoms with van der Waals surface area (Å²) in [5.41, 5.74) is 1.28. The Morgan fingerprint density at radius 1 is 0.972 bits per heavy atom. The number of carbonyl (C=O) groups excluding carboxylic acids is 1. The maximum atomic E-state index is 14.1. The monoisotopic (exact) mass is 490 g/mol. The van der Waals surface area contributed by atoms with Crippen LogP contribution in [0.5, 0.6) is 5.75 Å². The number of halogens is 3. The van der Waals surface area contributed by atoms with E-state index in [4.69, 9.17) is 4.74 Å². The summed E-state index contributed by atoms with van der Waals surface area (Å²) in [5, 5.41) is 5.33. The molecule has 4 nitrogen and oxygen atoms in total. The number of fused-ring (bicyclic) bond motifs is 2. The third-order valence-corrected chi connectivity index (χ3v) is 6.65. The Bertz CT molecular complexity index is 1410. The predicted octanol–water partition coefficient (Wildman–Crippen LogP) is 7.05. The molecule has 0 radical (unpaired) electrons. The Morgan fingerprint density at radius 2 is 1.72 bits per heavy atom. The van der Waals surface area contributed by atoms with E-state index in [1.807, 2.05) is 72.5 Å². The second-order valence-electron chi connectivity index (χ2n) is 8.78. The van der Waals surface area contributed by atoms with E-state index in [1.165, 1.54) is 6.07 Å². The Kier molecular flexibility index (Phi) is 6.41. The maximum Gasteiger partial charge on any atom is 0.416 e.